The molecular formula is C9H19NO2. The molecule has 0 saturated heterocycles. The van der Waals surface area contributed by atoms with E-state index in [1.807, 2.05) is 6.92 Å². The van der Waals surface area contributed by atoms with Crippen LogP contribution in [0.5, 0.6) is 0 Å². The van der Waals surface area contributed by atoms with Crippen molar-refractivity contribution in [2.45, 2.75) is 45.6 Å². The molecule has 0 rings (SSSR count). The van der Waals surface area contributed by atoms with Crippen LogP contribution in [0.1, 0.15) is 39.5 Å². The third-order valence-corrected chi connectivity index (χ3v) is 2.08. The van der Waals surface area contributed by atoms with Crippen molar-refractivity contribution in [3.8, 4) is 0 Å². The first kappa shape index (κ1) is 11.4. The van der Waals surface area contributed by atoms with Crippen molar-refractivity contribution in [3.05, 3.63) is 0 Å². The molecule has 0 aliphatic rings. The zero-order valence-electron chi connectivity index (χ0n) is 7.92. The summed E-state index contributed by atoms with van der Waals surface area (Å²) in [6.45, 7) is 4.05. The standard InChI is InChI=1S/C9H19NO2/c1-3-4-5-7(2)8(11)6-9(10)12/h7-8,11H,3-6H2,1-2H3,(H2,10,12)/t7-,8+/m1/s1. The van der Waals surface area contributed by atoms with Crippen LogP contribution in [0, 0.1) is 5.92 Å². The molecule has 3 N–H and O–H groups in total. The highest BCUT2D eigenvalue weighted by Gasteiger charge is 2.15. The summed E-state index contributed by atoms with van der Waals surface area (Å²) >= 11 is 0. The van der Waals surface area contributed by atoms with Crippen molar-refractivity contribution < 1.29 is 9.90 Å². The van der Waals surface area contributed by atoms with Gasteiger partial charge >= 0.3 is 0 Å². The number of aliphatic hydroxyl groups is 1. The summed E-state index contributed by atoms with van der Waals surface area (Å²) < 4.78 is 0. The number of aliphatic hydroxyl groups excluding tert-OH is 1. The van der Waals surface area contributed by atoms with Gasteiger partial charge in [-0.1, -0.05) is 26.7 Å². The van der Waals surface area contributed by atoms with E-state index in [9.17, 15) is 9.90 Å². The fraction of sp³-hybridized carbons (Fsp3) is 0.889. The molecule has 3 heteroatoms. The highest BCUT2D eigenvalue weighted by molar-refractivity contribution is 5.74. The predicted molar refractivity (Wildman–Crippen MR) is 48.5 cm³/mol. The highest BCUT2D eigenvalue weighted by Crippen LogP contribution is 2.14. The Morgan fingerprint density at radius 1 is 1.58 bits per heavy atom. The second kappa shape index (κ2) is 6.00. The third-order valence-electron chi connectivity index (χ3n) is 2.08. The monoisotopic (exact) mass is 173 g/mol. The van der Waals surface area contributed by atoms with Crippen LogP contribution < -0.4 is 5.73 Å². The Kier molecular flexibility index (Phi) is 5.72. The van der Waals surface area contributed by atoms with Gasteiger partial charge < -0.3 is 10.8 Å². The fourth-order valence-corrected chi connectivity index (χ4v) is 1.13. The third kappa shape index (κ3) is 5.13. The van der Waals surface area contributed by atoms with Gasteiger partial charge in [-0.15, -0.1) is 0 Å². The molecule has 0 unspecified atom stereocenters. The van der Waals surface area contributed by atoms with Crippen LogP contribution in [0.25, 0.3) is 0 Å². The number of carbonyl (C=O) groups is 1. The van der Waals surface area contributed by atoms with Crippen LogP contribution in [0.15, 0.2) is 0 Å². The van der Waals surface area contributed by atoms with Crippen LogP contribution in [0.3, 0.4) is 0 Å². The van der Waals surface area contributed by atoms with E-state index in [2.05, 4.69) is 6.92 Å². The lowest BCUT2D eigenvalue weighted by Crippen LogP contribution is -2.25. The first-order valence-corrected chi connectivity index (χ1v) is 4.54. The lowest BCUT2D eigenvalue weighted by atomic mass is 9.96. The van der Waals surface area contributed by atoms with E-state index in [4.69, 9.17) is 5.73 Å². The second-order valence-electron chi connectivity index (χ2n) is 3.36. The average molecular weight is 173 g/mol. The summed E-state index contributed by atoms with van der Waals surface area (Å²) in [6, 6.07) is 0. The van der Waals surface area contributed by atoms with Gasteiger partial charge in [0.05, 0.1) is 12.5 Å². The fourth-order valence-electron chi connectivity index (χ4n) is 1.13. The van der Waals surface area contributed by atoms with Gasteiger partial charge in [-0.3, -0.25) is 4.79 Å². The highest BCUT2D eigenvalue weighted by atomic mass is 16.3. The lowest BCUT2D eigenvalue weighted by Gasteiger charge is -2.16. The molecule has 3 nitrogen and oxygen atoms in total. The van der Waals surface area contributed by atoms with Crippen molar-refractivity contribution in [1.29, 1.82) is 0 Å². The van der Waals surface area contributed by atoms with Crippen molar-refractivity contribution in [3.63, 3.8) is 0 Å². The summed E-state index contributed by atoms with van der Waals surface area (Å²) in [6.07, 6.45) is 2.70. The van der Waals surface area contributed by atoms with Gasteiger partial charge in [0.1, 0.15) is 0 Å². The van der Waals surface area contributed by atoms with Crippen molar-refractivity contribution >= 4 is 5.91 Å². The molecule has 0 bridgehead atoms. The Hall–Kier alpha value is -0.570. The normalized spacial score (nSPS) is 15.6. The summed E-state index contributed by atoms with van der Waals surface area (Å²) in [5.41, 5.74) is 4.96. The summed E-state index contributed by atoms with van der Waals surface area (Å²) in [7, 11) is 0. The molecule has 12 heavy (non-hydrogen) atoms. The average Bonchev–Trinajstić information content (AvgIpc) is 1.98. The summed E-state index contributed by atoms with van der Waals surface area (Å²) in [5, 5.41) is 9.41. The van der Waals surface area contributed by atoms with Gasteiger partial charge in [0, 0.05) is 0 Å². The first-order chi connectivity index (χ1) is 5.57. The molecule has 0 fully saturated rings. The molecule has 0 aromatic rings. The van der Waals surface area contributed by atoms with Gasteiger partial charge in [0.2, 0.25) is 5.91 Å². The number of primary amides is 1. The Bertz CT molecular complexity index is 136. The molecule has 72 valence electrons. The molecule has 1 amide bonds. The second-order valence-corrected chi connectivity index (χ2v) is 3.36. The zero-order chi connectivity index (χ0) is 9.56. The minimum atomic E-state index is -0.561. The number of rotatable bonds is 6. The van der Waals surface area contributed by atoms with Gasteiger partial charge in [-0.2, -0.15) is 0 Å². The SMILES string of the molecule is CCCC[C@@H](C)[C@@H](O)CC(N)=O. The largest absolute Gasteiger partial charge is 0.392 e. The predicted octanol–water partition coefficient (Wildman–Crippen LogP) is 1.05. The number of hydrogen-bond donors (Lipinski definition) is 2. The van der Waals surface area contributed by atoms with Crippen LogP contribution >= 0.6 is 0 Å². The van der Waals surface area contributed by atoms with Gasteiger partial charge in [-0.25, -0.2) is 0 Å². The van der Waals surface area contributed by atoms with E-state index in [1.165, 1.54) is 0 Å². The molecule has 0 aliphatic heterocycles. The number of unbranched alkanes of at least 4 members (excludes halogenated alkanes) is 1. The summed E-state index contributed by atoms with van der Waals surface area (Å²) in [5.74, 6) is -0.247. The van der Waals surface area contributed by atoms with Gasteiger partial charge in [0.15, 0.2) is 0 Å². The van der Waals surface area contributed by atoms with E-state index >= 15 is 0 Å². The number of hydrogen-bond acceptors (Lipinski definition) is 2. The maximum absolute atomic E-state index is 10.5. The Balaban J connectivity index is 3.60. The van der Waals surface area contributed by atoms with E-state index < -0.39 is 12.0 Å². The topological polar surface area (TPSA) is 63.3 Å². The summed E-state index contributed by atoms with van der Waals surface area (Å²) in [4.78, 5) is 10.5. The van der Waals surface area contributed by atoms with Gasteiger partial charge in [-0.05, 0) is 12.3 Å². The smallest absolute Gasteiger partial charge is 0.220 e. The number of nitrogens with two attached hydrogens (primary N) is 1. The van der Waals surface area contributed by atoms with Crippen LogP contribution in [-0.2, 0) is 4.79 Å². The quantitative estimate of drug-likeness (QED) is 0.630. The van der Waals surface area contributed by atoms with Gasteiger partial charge in [0.25, 0.3) is 0 Å². The molecule has 0 spiro atoms. The first-order valence-electron chi connectivity index (χ1n) is 4.54. The van der Waals surface area contributed by atoms with E-state index in [-0.39, 0.29) is 12.3 Å². The zero-order valence-corrected chi connectivity index (χ0v) is 7.92. The van der Waals surface area contributed by atoms with Crippen molar-refractivity contribution in [2.24, 2.45) is 11.7 Å². The molecule has 0 aromatic heterocycles. The molecule has 0 radical (unpaired) electrons. The molecule has 0 aliphatic carbocycles. The van der Waals surface area contributed by atoms with Crippen LogP contribution in [0.2, 0.25) is 0 Å². The Labute approximate surface area is 74.0 Å². The molecule has 0 heterocycles. The van der Waals surface area contributed by atoms with E-state index in [1.54, 1.807) is 0 Å². The molecule has 0 aromatic carbocycles. The minimum absolute atomic E-state index is 0.0882. The molecular weight excluding hydrogens is 154 g/mol. The molecule has 0 saturated carbocycles. The maximum Gasteiger partial charge on any atom is 0.220 e. The van der Waals surface area contributed by atoms with Crippen molar-refractivity contribution in [2.75, 3.05) is 0 Å². The Morgan fingerprint density at radius 2 is 2.17 bits per heavy atom. The van der Waals surface area contributed by atoms with E-state index in [0.29, 0.717) is 0 Å². The van der Waals surface area contributed by atoms with E-state index in [0.717, 1.165) is 19.3 Å². The van der Waals surface area contributed by atoms with Crippen LogP contribution in [-0.4, -0.2) is 17.1 Å². The maximum atomic E-state index is 10.5. The lowest BCUT2D eigenvalue weighted by molar-refractivity contribution is -0.120. The Morgan fingerprint density at radius 3 is 2.58 bits per heavy atom. The van der Waals surface area contributed by atoms with Crippen molar-refractivity contribution in [1.82, 2.24) is 0 Å². The number of carbonyl (C=O) groups excluding carboxylic acids is 1. The molecule has 2 atom stereocenters. The number of amides is 1. The minimum Gasteiger partial charge on any atom is -0.392 e. The van der Waals surface area contributed by atoms with Crippen LogP contribution in [0.4, 0.5) is 0 Å².